The number of carbonyl (C=O) groups is 1. The van der Waals surface area contributed by atoms with Crippen LogP contribution in [0.2, 0.25) is 5.02 Å². The molecule has 0 bridgehead atoms. The topological polar surface area (TPSA) is 25.2 Å². The lowest BCUT2D eigenvalue weighted by Gasteiger charge is -2.34. The fourth-order valence-electron chi connectivity index (χ4n) is 3.39. The van der Waals surface area contributed by atoms with Crippen molar-refractivity contribution in [2.75, 3.05) is 13.1 Å². The number of hydrogen-bond donors (Lipinski definition) is 0. The number of likely N-dealkylation sites (tertiary alicyclic amines) is 1. The summed E-state index contributed by atoms with van der Waals surface area (Å²) < 4.78 is 2.40. The molecule has 2 aromatic rings. The Morgan fingerprint density at radius 2 is 1.73 bits per heavy atom. The highest BCUT2D eigenvalue weighted by atomic mass is 35.5. The van der Waals surface area contributed by atoms with Crippen LogP contribution < -0.4 is 0 Å². The molecular weight excluding hydrogens is 296 g/mol. The van der Waals surface area contributed by atoms with Gasteiger partial charge in [-0.1, -0.05) is 17.7 Å². The van der Waals surface area contributed by atoms with E-state index in [4.69, 9.17) is 11.6 Å². The van der Waals surface area contributed by atoms with Gasteiger partial charge in [-0.2, -0.15) is 0 Å². The highest BCUT2D eigenvalue weighted by molar-refractivity contribution is 6.30. The number of amides is 1. The summed E-state index contributed by atoms with van der Waals surface area (Å²) >= 11 is 5.98. The summed E-state index contributed by atoms with van der Waals surface area (Å²) in [5.41, 5.74) is 3.29. The number of benzene rings is 1. The standard InChI is InChI=1S/C18H21ClN2O/c1-13-6-7-14(2)21(13)17-8-10-20(11-9-17)18(22)15-4-3-5-16(19)12-15/h3-7,12,17H,8-11H2,1-2H3. The number of rotatable bonds is 2. The van der Waals surface area contributed by atoms with Crippen molar-refractivity contribution in [3.63, 3.8) is 0 Å². The van der Waals surface area contributed by atoms with Gasteiger partial charge in [0, 0.05) is 41.1 Å². The summed E-state index contributed by atoms with van der Waals surface area (Å²) in [7, 11) is 0. The maximum absolute atomic E-state index is 12.5. The molecule has 22 heavy (non-hydrogen) atoms. The fourth-order valence-corrected chi connectivity index (χ4v) is 3.58. The molecule has 4 heteroatoms. The van der Waals surface area contributed by atoms with Crippen LogP contribution in [0.5, 0.6) is 0 Å². The van der Waals surface area contributed by atoms with Gasteiger partial charge in [0.1, 0.15) is 0 Å². The quantitative estimate of drug-likeness (QED) is 0.813. The van der Waals surface area contributed by atoms with Crippen LogP contribution in [0.4, 0.5) is 0 Å². The van der Waals surface area contributed by atoms with Crippen LogP contribution in [0.25, 0.3) is 0 Å². The number of aryl methyl sites for hydroxylation is 2. The third-order valence-electron chi connectivity index (χ3n) is 4.51. The van der Waals surface area contributed by atoms with Crippen molar-refractivity contribution < 1.29 is 4.79 Å². The Labute approximate surface area is 136 Å². The Bertz CT molecular complexity index is 665. The van der Waals surface area contributed by atoms with Crippen molar-refractivity contribution in [2.45, 2.75) is 32.7 Å². The number of nitrogens with zero attached hydrogens (tertiary/aromatic N) is 2. The number of halogens is 1. The lowest BCUT2D eigenvalue weighted by Crippen LogP contribution is -2.39. The van der Waals surface area contributed by atoms with E-state index in [-0.39, 0.29) is 5.91 Å². The fraction of sp³-hybridized carbons (Fsp3) is 0.389. The van der Waals surface area contributed by atoms with Gasteiger partial charge in [-0.05, 0) is 57.0 Å². The minimum absolute atomic E-state index is 0.0851. The van der Waals surface area contributed by atoms with Crippen molar-refractivity contribution in [3.05, 3.63) is 58.4 Å². The van der Waals surface area contributed by atoms with Crippen LogP contribution in [0.3, 0.4) is 0 Å². The molecule has 1 fully saturated rings. The molecule has 0 radical (unpaired) electrons. The monoisotopic (exact) mass is 316 g/mol. The normalized spacial score (nSPS) is 16.0. The van der Waals surface area contributed by atoms with Crippen molar-refractivity contribution in [2.24, 2.45) is 0 Å². The van der Waals surface area contributed by atoms with E-state index in [1.807, 2.05) is 17.0 Å². The molecule has 3 rings (SSSR count). The van der Waals surface area contributed by atoms with Gasteiger partial charge >= 0.3 is 0 Å². The van der Waals surface area contributed by atoms with E-state index < -0.39 is 0 Å². The van der Waals surface area contributed by atoms with E-state index in [0.717, 1.165) is 25.9 Å². The van der Waals surface area contributed by atoms with E-state index >= 15 is 0 Å². The minimum atomic E-state index is 0.0851. The molecule has 2 heterocycles. The van der Waals surface area contributed by atoms with Gasteiger partial charge in [-0.3, -0.25) is 4.79 Å². The molecule has 1 amide bonds. The lowest BCUT2D eigenvalue weighted by molar-refractivity contribution is 0.0693. The smallest absolute Gasteiger partial charge is 0.253 e. The number of piperidine rings is 1. The zero-order valence-electron chi connectivity index (χ0n) is 13.1. The zero-order chi connectivity index (χ0) is 15.7. The first-order chi connectivity index (χ1) is 10.6. The molecule has 0 atom stereocenters. The summed E-state index contributed by atoms with van der Waals surface area (Å²) in [6.07, 6.45) is 2.01. The minimum Gasteiger partial charge on any atom is -0.346 e. The van der Waals surface area contributed by atoms with Gasteiger partial charge in [0.25, 0.3) is 5.91 Å². The first kappa shape index (κ1) is 15.2. The summed E-state index contributed by atoms with van der Waals surface area (Å²) in [5, 5.41) is 0.610. The average molecular weight is 317 g/mol. The second-order valence-corrected chi connectivity index (χ2v) is 6.46. The highest BCUT2D eigenvalue weighted by Crippen LogP contribution is 2.27. The maximum Gasteiger partial charge on any atom is 0.253 e. The van der Waals surface area contributed by atoms with Crippen LogP contribution in [-0.4, -0.2) is 28.5 Å². The lowest BCUT2D eigenvalue weighted by atomic mass is 10.0. The predicted octanol–water partition coefficient (Wildman–Crippen LogP) is 4.24. The second-order valence-electron chi connectivity index (χ2n) is 6.02. The Hall–Kier alpha value is -1.74. The van der Waals surface area contributed by atoms with Crippen LogP contribution >= 0.6 is 11.6 Å². The van der Waals surface area contributed by atoms with Crippen LogP contribution in [-0.2, 0) is 0 Å². The molecule has 3 nitrogen and oxygen atoms in total. The molecular formula is C18H21ClN2O. The van der Waals surface area contributed by atoms with Crippen molar-refractivity contribution in [1.29, 1.82) is 0 Å². The van der Waals surface area contributed by atoms with Gasteiger partial charge in [-0.15, -0.1) is 0 Å². The Morgan fingerprint density at radius 3 is 2.32 bits per heavy atom. The van der Waals surface area contributed by atoms with E-state index in [1.54, 1.807) is 12.1 Å². The van der Waals surface area contributed by atoms with Crippen LogP contribution in [0.15, 0.2) is 36.4 Å². The summed E-state index contributed by atoms with van der Waals surface area (Å²) in [6.45, 7) is 5.90. The summed E-state index contributed by atoms with van der Waals surface area (Å²) in [4.78, 5) is 14.5. The molecule has 1 aliphatic rings. The summed E-state index contributed by atoms with van der Waals surface area (Å²) in [6, 6.07) is 12.0. The second kappa shape index (κ2) is 6.17. The molecule has 1 aromatic heterocycles. The van der Waals surface area contributed by atoms with Gasteiger partial charge < -0.3 is 9.47 Å². The molecule has 1 aliphatic heterocycles. The van der Waals surface area contributed by atoms with E-state index in [1.165, 1.54) is 11.4 Å². The van der Waals surface area contributed by atoms with Gasteiger partial charge in [0.05, 0.1) is 0 Å². The maximum atomic E-state index is 12.5. The first-order valence-corrected chi connectivity index (χ1v) is 8.13. The van der Waals surface area contributed by atoms with E-state index in [9.17, 15) is 4.79 Å². The third kappa shape index (κ3) is 2.91. The van der Waals surface area contributed by atoms with Crippen molar-refractivity contribution >= 4 is 17.5 Å². The van der Waals surface area contributed by atoms with E-state index in [0.29, 0.717) is 16.6 Å². The summed E-state index contributed by atoms with van der Waals surface area (Å²) in [5.74, 6) is 0.0851. The predicted molar refractivity (Wildman–Crippen MR) is 89.5 cm³/mol. The zero-order valence-corrected chi connectivity index (χ0v) is 13.8. The van der Waals surface area contributed by atoms with Gasteiger partial charge in [0.2, 0.25) is 0 Å². The Kier molecular flexibility index (Phi) is 4.25. The number of aromatic nitrogens is 1. The van der Waals surface area contributed by atoms with E-state index in [2.05, 4.69) is 30.5 Å². The Balaban J connectivity index is 1.68. The molecule has 0 aliphatic carbocycles. The van der Waals surface area contributed by atoms with Crippen LogP contribution in [0, 0.1) is 13.8 Å². The number of hydrogen-bond acceptors (Lipinski definition) is 1. The highest BCUT2D eigenvalue weighted by Gasteiger charge is 2.25. The molecule has 0 N–H and O–H groups in total. The molecule has 116 valence electrons. The van der Waals surface area contributed by atoms with Gasteiger partial charge in [0.15, 0.2) is 0 Å². The largest absolute Gasteiger partial charge is 0.346 e. The van der Waals surface area contributed by atoms with Crippen molar-refractivity contribution in [3.8, 4) is 0 Å². The molecule has 1 aromatic carbocycles. The molecule has 0 spiro atoms. The third-order valence-corrected chi connectivity index (χ3v) is 4.75. The SMILES string of the molecule is Cc1ccc(C)n1C1CCN(C(=O)c2cccc(Cl)c2)CC1. The average Bonchev–Trinajstić information content (AvgIpc) is 2.86. The first-order valence-electron chi connectivity index (χ1n) is 7.75. The Morgan fingerprint density at radius 1 is 1.09 bits per heavy atom. The van der Waals surface area contributed by atoms with Crippen LogP contribution in [0.1, 0.15) is 40.6 Å². The molecule has 0 unspecified atom stereocenters. The molecule has 0 saturated carbocycles. The number of carbonyl (C=O) groups excluding carboxylic acids is 1. The van der Waals surface area contributed by atoms with Gasteiger partial charge in [-0.25, -0.2) is 0 Å². The molecule has 1 saturated heterocycles. The van der Waals surface area contributed by atoms with Crippen molar-refractivity contribution in [1.82, 2.24) is 9.47 Å².